The Hall–Kier alpha value is -1.94. The molecule has 0 saturated carbocycles. The van der Waals surface area contributed by atoms with Gasteiger partial charge < -0.3 is 33.8 Å². The van der Waals surface area contributed by atoms with Gasteiger partial charge in [-0.3, -0.25) is 37.3 Å². The number of phosphoric acid groups is 2. The van der Waals surface area contributed by atoms with E-state index in [4.69, 9.17) is 37.0 Å². The van der Waals surface area contributed by atoms with E-state index in [1.54, 1.807) is 0 Å². The maximum Gasteiger partial charge on any atom is 0.472 e. The Morgan fingerprint density at radius 3 is 0.557 bits per heavy atom. The van der Waals surface area contributed by atoms with Crippen LogP contribution >= 0.6 is 15.6 Å². The predicted octanol–water partition coefficient (Wildman–Crippen LogP) is 26.9. The van der Waals surface area contributed by atoms with E-state index in [0.717, 1.165) is 89.9 Å². The molecule has 630 valence electrons. The fourth-order valence-corrected chi connectivity index (χ4v) is 15.3. The summed E-state index contributed by atoms with van der Waals surface area (Å²) >= 11 is 0. The first kappa shape index (κ1) is 104. The van der Waals surface area contributed by atoms with Crippen LogP contribution in [0.5, 0.6) is 0 Å². The highest BCUT2D eigenvalue weighted by Gasteiger charge is 2.30. The molecule has 0 radical (unpaired) electrons. The van der Waals surface area contributed by atoms with Crippen LogP contribution in [0.2, 0.25) is 0 Å². The molecule has 2 unspecified atom stereocenters. The molecular formula is C87H170O17P2. The molecule has 5 atom stereocenters. The number of unbranched alkanes of at least 4 members (excludes halogenated alkanes) is 62. The average Bonchev–Trinajstić information content (AvgIpc) is 0.902. The lowest BCUT2D eigenvalue weighted by Crippen LogP contribution is -2.30. The number of esters is 4. The molecular weight excluding hydrogens is 1380 g/mol. The average molecular weight is 1550 g/mol. The lowest BCUT2D eigenvalue weighted by molar-refractivity contribution is -0.161. The second kappa shape index (κ2) is 81.1. The highest BCUT2D eigenvalue weighted by atomic mass is 31.2. The Morgan fingerprint density at radius 1 is 0.226 bits per heavy atom. The lowest BCUT2D eigenvalue weighted by Gasteiger charge is -2.21. The quantitative estimate of drug-likeness (QED) is 0.0222. The van der Waals surface area contributed by atoms with Gasteiger partial charge in [-0.1, -0.05) is 426 Å². The molecule has 3 N–H and O–H groups in total. The summed E-state index contributed by atoms with van der Waals surface area (Å²) in [5, 5.41) is 10.7. The molecule has 0 aromatic carbocycles. The maximum absolute atomic E-state index is 13.2. The molecule has 0 aromatic heterocycles. The van der Waals surface area contributed by atoms with Crippen LogP contribution in [0.1, 0.15) is 477 Å². The number of carbonyl (C=O) groups excluding carboxylic acids is 4. The van der Waals surface area contributed by atoms with Gasteiger partial charge in [0.2, 0.25) is 0 Å². The standard InChI is InChI=1S/C87H170O17P2/c1-5-9-13-17-21-25-29-33-36-38-40-41-43-46-50-54-58-62-66-70-74-87(92)104-83(78-98-85(90)72-68-64-60-56-52-48-45-42-39-37-34-30-26-22-18-14-10-6-2)80-102-106(95,96)100-76-81(88)75-99-105(93,94)101-79-82(77-97-84(89)71-67-63-59-55-51-47-32-28-24-20-16-12-8-4)103-86(91)73-69-65-61-57-53-49-44-35-31-27-23-19-15-11-7-3/h81-83,88H,5-80H2,1-4H3,(H,93,94)(H,95,96)/t81-,82+,83+/m0/s1. The zero-order chi connectivity index (χ0) is 77.4. The van der Waals surface area contributed by atoms with E-state index in [9.17, 15) is 43.2 Å². The van der Waals surface area contributed by atoms with Crippen molar-refractivity contribution in [3.8, 4) is 0 Å². The van der Waals surface area contributed by atoms with Crippen molar-refractivity contribution < 1.29 is 80.2 Å². The van der Waals surface area contributed by atoms with Crippen LogP contribution in [0.15, 0.2) is 0 Å². The summed E-state index contributed by atoms with van der Waals surface area (Å²) in [5.41, 5.74) is 0. The van der Waals surface area contributed by atoms with Crippen LogP contribution in [-0.2, 0) is 65.4 Å². The van der Waals surface area contributed by atoms with Crippen molar-refractivity contribution in [2.45, 2.75) is 495 Å². The normalized spacial score (nSPS) is 13.7. The smallest absolute Gasteiger partial charge is 0.462 e. The zero-order valence-electron chi connectivity index (χ0n) is 69.4. The lowest BCUT2D eigenvalue weighted by atomic mass is 10.0. The summed E-state index contributed by atoms with van der Waals surface area (Å²) < 4.78 is 69.0. The second-order valence-corrected chi connectivity index (χ2v) is 34.2. The fraction of sp³-hybridized carbons (Fsp3) is 0.954. The summed E-state index contributed by atoms with van der Waals surface area (Å²) in [4.78, 5) is 73.3. The van der Waals surface area contributed by atoms with Gasteiger partial charge in [0.1, 0.15) is 19.3 Å². The molecule has 0 aromatic rings. The van der Waals surface area contributed by atoms with Gasteiger partial charge >= 0.3 is 39.5 Å². The van der Waals surface area contributed by atoms with Gasteiger partial charge in [0.05, 0.1) is 26.4 Å². The number of hydrogen-bond donors (Lipinski definition) is 3. The molecule has 0 aliphatic heterocycles. The Labute approximate surface area is 651 Å². The van der Waals surface area contributed by atoms with E-state index in [1.807, 2.05) is 0 Å². The van der Waals surface area contributed by atoms with Crippen LogP contribution in [0.25, 0.3) is 0 Å². The van der Waals surface area contributed by atoms with Crippen LogP contribution in [-0.4, -0.2) is 96.7 Å². The van der Waals surface area contributed by atoms with Gasteiger partial charge in [-0.25, -0.2) is 9.13 Å². The fourth-order valence-electron chi connectivity index (χ4n) is 13.7. The van der Waals surface area contributed by atoms with Gasteiger partial charge in [-0.2, -0.15) is 0 Å². The summed E-state index contributed by atoms with van der Waals surface area (Å²) in [5.74, 6) is -2.09. The Kier molecular flexibility index (Phi) is 79.6. The van der Waals surface area contributed by atoms with Crippen LogP contribution < -0.4 is 0 Å². The monoisotopic (exact) mass is 1550 g/mol. The minimum absolute atomic E-state index is 0.109. The largest absolute Gasteiger partial charge is 0.472 e. The van der Waals surface area contributed by atoms with Gasteiger partial charge in [-0.15, -0.1) is 0 Å². The van der Waals surface area contributed by atoms with Gasteiger partial charge in [0, 0.05) is 25.7 Å². The molecule has 17 nitrogen and oxygen atoms in total. The Balaban J connectivity index is 5.25. The molecule has 0 bridgehead atoms. The third-order valence-corrected chi connectivity index (χ3v) is 22.5. The number of carbonyl (C=O) groups is 4. The highest BCUT2D eigenvalue weighted by molar-refractivity contribution is 7.47. The van der Waals surface area contributed by atoms with E-state index in [1.165, 1.54) is 308 Å². The van der Waals surface area contributed by atoms with Crippen LogP contribution in [0.4, 0.5) is 0 Å². The first-order chi connectivity index (χ1) is 51.7. The van der Waals surface area contributed by atoms with Crippen LogP contribution in [0, 0.1) is 0 Å². The minimum Gasteiger partial charge on any atom is -0.462 e. The van der Waals surface area contributed by atoms with E-state index >= 15 is 0 Å². The van der Waals surface area contributed by atoms with E-state index < -0.39 is 97.5 Å². The molecule has 0 aliphatic carbocycles. The first-order valence-corrected chi connectivity index (χ1v) is 48.3. The van der Waals surface area contributed by atoms with E-state index in [0.29, 0.717) is 25.7 Å². The van der Waals surface area contributed by atoms with Gasteiger partial charge in [0.15, 0.2) is 12.2 Å². The van der Waals surface area contributed by atoms with Crippen molar-refractivity contribution in [2.24, 2.45) is 0 Å². The molecule has 0 spiro atoms. The molecule has 19 heteroatoms. The van der Waals surface area contributed by atoms with Crippen molar-refractivity contribution in [1.29, 1.82) is 0 Å². The molecule has 0 amide bonds. The first-order valence-electron chi connectivity index (χ1n) is 45.3. The third-order valence-electron chi connectivity index (χ3n) is 20.6. The summed E-state index contributed by atoms with van der Waals surface area (Å²) in [6, 6.07) is 0. The third kappa shape index (κ3) is 80.1. The molecule has 0 heterocycles. The van der Waals surface area contributed by atoms with Gasteiger partial charge in [-0.05, 0) is 25.7 Å². The number of aliphatic hydroxyl groups is 1. The number of aliphatic hydroxyl groups excluding tert-OH is 1. The van der Waals surface area contributed by atoms with Gasteiger partial charge in [0.25, 0.3) is 0 Å². The van der Waals surface area contributed by atoms with E-state index in [2.05, 4.69) is 27.7 Å². The van der Waals surface area contributed by atoms with Crippen molar-refractivity contribution in [2.75, 3.05) is 39.6 Å². The summed E-state index contributed by atoms with van der Waals surface area (Å²) in [6.07, 6.45) is 76.3. The molecule has 0 rings (SSSR count). The van der Waals surface area contributed by atoms with Crippen molar-refractivity contribution in [1.82, 2.24) is 0 Å². The Morgan fingerprint density at radius 2 is 0.377 bits per heavy atom. The van der Waals surface area contributed by atoms with Crippen molar-refractivity contribution in [3.63, 3.8) is 0 Å². The molecule has 106 heavy (non-hydrogen) atoms. The SMILES string of the molecule is CCCCCCCCCCCCCCCCCCCCCCC(=O)O[C@H](COC(=O)CCCCCCCCCCCCCCCCCCCC)COP(=O)(O)OC[C@@H](O)COP(=O)(O)OC[C@@H](COC(=O)CCCCCCCCCCCCCCC)OC(=O)CCCCCCCCCCCCCCCCC. The maximum atomic E-state index is 13.2. The van der Waals surface area contributed by atoms with Crippen molar-refractivity contribution in [3.05, 3.63) is 0 Å². The summed E-state index contributed by atoms with van der Waals surface area (Å²) in [6.45, 7) is 5.07. The number of ether oxygens (including phenoxy) is 4. The second-order valence-electron chi connectivity index (χ2n) is 31.3. The van der Waals surface area contributed by atoms with E-state index in [-0.39, 0.29) is 25.7 Å². The topological polar surface area (TPSA) is 237 Å². The van der Waals surface area contributed by atoms with Crippen LogP contribution in [0.3, 0.4) is 0 Å². The zero-order valence-corrected chi connectivity index (χ0v) is 71.2. The predicted molar refractivity (Wildman–Crippen MR) is 437 cm³/mol. The number of rotatable bonds is 88. The van der Waals surface area contributed by atoms with Crippen molar-refractivity contribution >= 4 is 39.5 Å². The minimum atomic E-state index is -4.97. The highest BCUT2D eigenvalue weighted by Crippen LogP contribution is 2.45. The molecule has 0 saturated heterocycles. The molecule has 0 fully saturated rings. The number of phosphoric ester groups is 2. The summed E-state index contributed by atoms with van der Waals surface area (Å²) in [7, 11) is -9.93. The number of hydrogen-bond acceptors (Lipinski definition) is 15. The Bertz CT molecular complexity index is 2000. The molecule has 0 aliphatic rings.